The summed E-state index contributed by atoms with van der Waals surface area (Å²) >= 11 is 0. The standard InChI is InChI=1S/C72H45N/c1-4-10-52-43-70-61(37-49(52)7-1)16-13-58-40-55(25-34-67(58)70)46-19-28-64(29-20-46)73(65-30-21-47(22-31-65)56-26-35-68-59(41-56)14-17-62-38-50-8-2-5-11-53(50)44-71(62)68)66-32-23-48(24-33-66)57-27-36-69-60(42-57)15-18-63-39-51-9-3-6-12-54(51)45-72(63)69/h1-45H. The Morgan fingerprint density at radius 1 is 0.151 bits per heavy atom. The molecule has 0 heterocycles. The van der Waals surface area contributed by atoms with E-state index in [1.54, 1.807) is 0 Å². The van der Waals surface area contributed by atoms with Gasteiger partial charge in [0.05, 0.1) is 0 Å². The van der Waals surface area contributed by atoms with E-state index >= 15 is 0 Å². The first-order valence-corrected chi connectivity index (χ1v) is 25.3. The highest BCUT2D eigenvalue weighted by Crippen LogP contribution is 2.41. The molecule has 0 fully saturated rings. The maximum atomic E-state index is 2.38. The minimum absolute atomic E-state index is 1.10. The molecule has 15 rings (SSSR count). The summed E-state index contributed by atoms with van der Waals surface area (Å²) < 4.78 is 0. The first kappa shape index (κ1) is 41.2. The summed E-state index contributed by atoms with van der Waals surface area (Å²) in [5, 5.41) is 22.8. The van der Waals surface area contributed by atoms with Gasteiger partial charge in [0, 0.05) is 17.1 Å². The van der Waals surface area contributed by atoms with Crippen LogP contribution in [-0.2, 0) is 0 Å². The highest BCUT2D eigenvalue weighted by Gasteiger charge is 2.16. The maximum absolute atomic E-state index is 2.38. The van der Waals surface area contributed by atoms with Gasteiger partial charge in [0.15, 0.2) is 0 Å². The van der Waals surface area contributed by atoms with Gasteiger partial charge >= 0.3 is 0 Å². The van der Waals surface area contributed by atoms with Crippen molar-refractivity contribution in [2.75, 3.05) is 4.90 Å². The molecule has 0 saturated heterocycles. The molecule has 0 atom stereocenters. The average Bonchev–Trinajstić information content (AvgIpc) is 3.45. The third-order valence-corrected chi connectivity index (χ3v) is 15.5. The molecule has 0 spiro atoms. The molecule has 0 unspecified atom stereocenters. The van der Waals surface area contributed by atoms with E-state index in [-0.39, 0.29) is 0 Å². The Morgan fingerprint density at radius 2 is 0.384 bits per heavy atom. The Hall–Kier alpha value is -9.56. The number of hydrogen-bond acceptors (Lipinski definition) is 1. The molecule has 1 heteroatoms. The number of rotatable bonds is 6. The zero-order valence-corrected chi connectivity index (χ0v) is 39.9. The molecule has 73 heavy (non-hydrogen) atoms. The molecule has 338 valence electrons. The highest BCUT2D eigenvalue weighted by molar-refractivity contribution is 6.15. The van der Waals surface area contributed by atoms with Crippen LogP contribution in [0, 0.1) is 0 Å². The monoisotopic (exact) mass is 923 g/mol. The van der Waals surface area contributed by atoms with Gasteiger partial charge in [-0.2, -0.15) is 0 Å². The van der Waals surface area contributed by atoms with Crippen LogP contribution in [0.1, 0.15) is 0 Å². The van der Waals surface area contributed by atoms with Gasteiger partial charge in [0.25, 0.3) is 0 Å². The fraction of sp³-hybridized carbons (Fsp3) is 0. The summed E-state index contributed by atoms with van der Waals surface area (Å²) in [5.41, 5.74) is 10.4. The summed E-state index contributed by atoms with van der Waals surface area (Å²) in [6, 6.07) is 101. The quantitative estimate of drug-likeness (QED) is 0.119. The van der Waals surface area contributed by atoms with E-state index in [9.17, 15) is 0 Å². The number of anilines is 3. The Morgan fingerprint density at radius 3 is 0.658 bits per heavy atom. The van der Waals surface area contributed by atoms with Gasteiger partial charge < -0.3 is 4.90 Å². The summed E-state index contributed by atoms with van der Waals surface area (Å²) in [7, 11) is 0. The van der Waals surface area contributed by atoms with Gasteiger partial charge in [-0.25, -0.2) is 0 Å². The van der Waals surface area contributed by atoms with Gasteiger partial charge in [-0.15, -0.1) is 0 Å². The first-order chi connectivity index (χ1) is 36.1. The van der Waals surface area contributed by atoms with Crippen molar-refractivity contribution in [3.63, 3.8) is 0 Å². The molecule has 15 aromatic rings. The lowest BCUT2D eigenvalue weighted by molar-refractivity contribution is 1.28. The molecule has 0 N–H and O–H groups in total. The largest absolute Gasteiger partial charge is 0.311 e. The normalized spacial score (nSPS) is 11.8. The minimum Gasteiger partial charge on any atom is -0.311 e. The lowest BCUT2D eigenvalue weighted by Gasteiger charge is -2.26. The van der Waals surface area contributed by atoms with Crippen LogP contribution < -0.4 is 4.90 Å². The Labute approximate surface area is 423 Å². The molecule has 0 aliphatic rings. The molecular formula is C72H45N. The van der Waals surface area contributed by atoms with Crippen molar-refractivity contribution < 1.29 is 0 Å². The van der Waals surface area contributed by atoms with Gasteiger partial charge in [-0.3, -0.25) is 0 Å². The highest BCUT2D eigenvalue weighted by atomic mass is 15.1. The van der Waals surface area contributed by atoms with Gasteiger partial charge in [-0.05, 0) is 221 Å². The van der Waals surface area contributed by atoms with Crippen molar-refractivity contribution in [2.45, 2.75) is 0 Å². The molecule has 0 amide bonds. The van der Waals surface area contributed by atoms with Crippen molar-refractivity contribution in [1.82, 2.24) is 0 Å². The lowest BCUT2D eigenvalue weighted by atomic mass is 9.95. The Balaban J connectivity index is 0.784. The lowest BCUT2D eigenvalue weighted by Crippen LogP contribution is -2.09. The predicted octanol–water partition coefficient (Wildman–Crippen LogP) is 20.5. The second kappa shape index (κ2) is 16.5. The van der Waals surface area contributed by atoms with Crippen LogP contribution in [0.3, 0.4) is 0 Å². The van der Waals surface area contributed by atoms with E-state index in [0.717, 1.165) is 17.1 Å². The summed E-state index contributed by atoms with van der Waals surface area (Å²) in [6.45, 7) is 0. The molecule has 1 nitrogen and oxygen atoms in total. The second-order valence-electron chi connectivity index (χ2n) is 19.7. The van der Waals surface area contributed by atoms with E-state index in [2.05, 4.69) is 278 Å². The molecule has 0 bridgehead atoms. The number of hydrogen-bond donors (Lipinski definition) is 0. The predicted molar refractivity (Wildman–Crippen MR) is 315 cm³/mol. The smallest absolute Gasteiger partial charge is 0.0462 e. The Bertz CT molecular complexity index is 4220. The Kier molecular flexibility index (Phi) is 9.33. The molecule has 0 aliphatic carbocycles. The van der Waals surface area contributed by atoms with Gasteiger partial charge in [0.2, 0.25) is 0 Å². The second-order valence-corrected chi connectivity index (χ2v) is 19.7. The summed E-state index contributed by atoms with van der Waals surface area (Å²) in [6.07, 6.45) is 0. The van der Waals surface area contributed by atoms with Crippen LogP contribution in [0.5, 0.6) is 0 Å². The van der Waals surface area contributed by atoms with Crippen LogP contribution in [-0.4, -0.2) is 0 Å². The third kappa shape index (κ3) is 7.08. The van der Waals surface area contributed by atoms with Crippen LogP contribution in [0.15, 0.2) is 273 Å². The molecular weight excluding hydrogens is 879 g/mol. The van der Waals surface area contributed by atoms with Crippen molar-refractivity contribution in [3.05, 3.63) is 273 Å². The van der Waals surface area contributed by atoms with E-state index in [1.807, 2.05) is 0 Å². The van der Waals surface area contributed by atoms with Crippen LogP contribution in [0.25, 0.3) is 130 Å². The SMILES string of the molecule is c1ccc2cc3c(ccc4cc(-c5ccc(N(c6ccc(-c7ccc8c(ccc9cc%10ccccc%10cc98)c7)cc6)c6ccc(-c7ccc8c(ccc9cc%10ccccc%10cc98)c7)cc6)cc5)ccc43)cc2c1. The zero-order valence-electron chi connectivity index (χ0n) is 39.9. The van der Waals surface area contributed by atoms with Gasteiger partial charge in [-0.1, -0.05) is 182 Å². The van der Waals surface area contributed by atoms with E-state index in [4.69, 9.17) is 0 Å². The fourth-order valence-corrected chi connectivity index (χ4v) is 11.7. The van der Waals surface area contributed by atoms with E-state index < -0.39 is 0 Å². The molecule has 15 aromatic carbocycles. The van der Waals surface area contributed by atoms with Crippen molar-refractivity contribution in [2.24, 2.45) is 0 Å². The fourth-order valence-electron chi connectivity index (χ4n) is 11.7. The van der Waals surface area contributed by atoms with Gasteiger partial charge in [0.1, 0.15) is 0 Å². The van der Waals surface area contributed by atoms with E-state index in [0.29, 0.717) is 0 Å². The number of nitrogens with zero attached hydrogens (tertiary/aromatic N) is 1. The van der Waals surface area contributed by atoms with Crippen LogP contribution in [0.2, 0.25) is 0 Å². The third-order valence-electron chi connectivity index (χ3n) is 15.5. The number of benzene rings is 15. The minimum atomic E-state index is 1.10. The summed E-state index contributed by atoms with van der Waals surface area (Å²) in [5.74, 6) is 0. The van der Waals surface area contributed by atoms with Crippen molar-refractivity contribution >= 4 is 114 Å². The molecule has 0 aromatic heterocycles. The molecule has 0 saturated carbocycles. The van der Waals surface area contributed by atoms with Crippen LogP contribution in [0.4, 0.5) is 17.1 Å². The summed E-state index contributed by atoms with van der Waals surface area (Å²) in [4.78, 5) is 2.38. The molecule has 0 aliphatic heterocycles. The zero-order chi connectivity index (χ0) is 48.0. The van der Waals surface area contributed by atoms with E-state index in [1.165, 1.54) is 130 Å². The first-order valence-electron chi connectivity index (χ1n) is 25.3. The van der Waals surface area contributed by atoms with Crippen molar-refractivity contribution in [1.29, 1.82) is 0 Å². The van der Waals surface area contributed by atoms with Crippen molar-refractivity contribution in [3.8, 4) is 33.4 Å². The van der Waals surface area contributed by atoms with Crippen LogP contribution >= 0.6 is 0 Å². The number of fused-ring (bicyclic) bond motifs is 12. The topological polar surface area (TPSA) is 3.24 Å². The maximum Gasteiger partial charge on any atom is 0.0462 e. The molecule has 0 radical (unpaired) electrons. The average molecular weight is 924 g/mol.